The van der Waals surface area contributed by atoms with E-state index in [9.17, 15) is 4.79 Å². The first kappa shape index (κ1) is 15.3. The van der Waals surface area contributed by atoms with Crippen LogP contribution in [0.2, 0.25) is 0 Å². The van der Waals surface area contributed by atoms with Crippen molar-refractivity contribution >= 4 is 11.6 Å². The summed E-state index contributed by atoms with van der Waals surface area (Å²) in [6.45, 7) is 2.18. The van der Waals surface area contributed by atoms with Crippen LogP contribution in [0.4, 0.5) is 5.69 Å². The van der Waals surface area contributed by atoms with Crippen LogP contribution in [0.1, 0.15) is 28.8 Å². The lowest BCUT2D eigenvalue weighted by Gasteiger charge is -2.08. The van der Waals surface area contributed by atoms with Gasteiger partial charge in [-0.05, 0) is 61.6 Å². The number of hydrogen-bond acceptors (Lipinski definition) is 2. The number of benzene rings is 1. The van der Waals surface area contributed by atoms with Crippen LogP contribution < -0.4 is 16.6 Å². The molecular weight excluding hydrogens is 288 g/mol. The van der Waals surface area contributed by atoms with Crippen molar-refractivity contribution in [2.75, 3.05) is 5.32 Å². The molecule has 0 fully saturated rings. The van der Waals surface area contributed by atoms with Crippen LogP contribution in [0, 0.1) is 6.92 Å². The predicted molar refractivity (Wildman–Crippen MR) is 93.8 cm³/mol. The third-order valence-corrected chi connectivity index (χ3v) is 4.42. The zero-order chi connectivity index (χ0) is 16.4. The molecule has 0 bridgehead atoms. The van der Waals surface area contributed by atoms with Crippen LogP contribution in [0.25, 0.3) is 0 Å². The van der Waals surface area contributed by atoms with Gasteiger partial charge in [0, 0.05) is 24.0 Å². The van der Waals surface area contributed by atoms with Crippen molar-refractivity contribution in [1.29, 1.82) is 0 Å². The van der Waals surface area contributed by atoms with Gasteiger partial charge in [0.25, 0.3) is 5.56 Å². The minimum atomic E-state index is -0.0286. The highest BCUT2D eigenvalue weighted by Gasteiger charge is 2.11. The average Bonchev–Trinajstić information content (AvgIpc) is 2.99. The van der Waals surface area contributed by atoms with Crippen molar-refractivity contribution < 1.29 is 0 Å². The lowest BCUT2D eigenvalue weighted by atomic mass is 10.1. The van der Waals surface area contributed by atoms with Gasteiger partial charge in [-0.25, -0.2) is 4.99 Å². The van der Waals surface area contributed by atoms with Crippen molar-refractivity contribution in [2.45, 2.75) is 32.7 Å². The maximum absolute atomic E-state index is 12.1. The maximum Gasteiger partial charge on any atom is 0.255 e. The molecule has 0 saturated carbocycles. The van der Waals surface area contributed by atoms with Gasteiger partial charge in [-0.3, -0.25) is 4.79 Å². The Labute approximate surface area is 135 Å². The highest BCUT2D eigenvalue weighted by atomic mass is 16.1. The van der Waals surface area contributed by atoms with Gasteiger partial charge in [-0.1, -0.05) is 6.07 Å². The first-order valence-corrected chi connectivity index (χ1v) is 7.89. The van der Waals surface area contributed by atoms with Crippen LogP contribution in [0.5, 0.6) is 0 Å². The van der Waals surface area contributed by atoms with Gasteiger partial charge in [0.1, 0.15) is 0 Å². The van der Waals surface area contributed by atoms with E-state index in [1.165, 1.54) is 17.5 Å². The fourth-order valence-corrected chi connectivity index (χ4v) is 2.91. The Morgan fingerprint density at radius 1 is 1.26 bits per heavy atom. The second-order valence-electron chi connectivity index (χ2n) is 6.03. The number of pyridine rings is 1. The van der Waals surface area contributed by atoms with E-state index < -0.39 is 0 Å². The number of nitrogens with zero attached hydrogens (tertiary/aromatic N) is 2. The first-order valence-electron chi connectivity index (χ1n) is 7.89. The van der Waals surface area contributed by atoms with Crippen LogP contribution in [0.15, 0.2) is 40.1 Å². The van der Waals surface area contributed by atoms with Gasteiger partial charge in [-0.15, -0.1) is 0 Å². The average molecular weight is 310 g/mol. The highest BCUT2D eigenvalue weighted by Crippen LogP contribution is 2.24. The number of nitrogens with two attached hydrogens (primary N) is 1. The number of aliphatic imine (C=N–C) groups is 1. The second kappa shape index (κ2) is 6.28. The zero-order valence-electron chi connectivity index (χ0n) is 13.6. The highest BCUT2D eigenvalue weighted by molar-refractivity contribution is 5.92. The molecule has 0 saturated heterocycles. The normalized spacial score (nSPS) is 13.9. The number of hydrogen-bond donors (Lipinski definition) is 2. The number of rotatable bonds is 3. The topological polar surface area (TPSA) is 72.4 Å². The van der Waals surface area contributed by atoms with Crippen molar-refractivity contribution in [3.8, 4) is 0 Å². The number of nitrogens with one attached hydrogen (secondary N) is 1. The third kappa shape index (κ3) is 3.28. The van der Waals surface area contributed by atoms with E-state index in [-0.39, 0.29) is 12.1 Å². The molecule has 0 spiro atoms. The molecule has 0 unspecified atom stereocenters. The monoisotopic (exact) mass is 310 g/mol. The lowest BCUT2D eigenvalue weighted by Crippen LogP contribution is -2.25. The number of guanidine groups is 1. The molecule has 120 valence electrons. The molecule has 1 heterocycles. The Morgan fingerprint density at radius 3 is 2.87 bits per heavy atom. The fourth-order valence-electron chi connectivity index (χ4n) is 2.91. The summed E-state index contributed by atoms with van der Waals surface area (Å²) in [4.78, 5) is 16.4. The summed E-state index contributed by atoms with van der Waals surface area (Å²) < 4.78 is 1.62. The Morgan fingerprint density at radius 2 is 2.04 bits per heavy atom. The SMILES string of the molecule is Cc1ccc(CN=C(N)Nc2ccc3c(c2)CCC3)c(=O)n1C. The Balaban J connectivity index is 1.71. The van der Waals surface area contributed by atoms with Gasteiger partial charge in [0.15, 0.2) is 5.96 Å². The third-order valence-electron chi connectivity index (χ3n) is 4.42. The molecule has 3 rings (SSSR count). The van der Waals surface area contributed by atoms with E-state index in [1.54, 1.807) is 11.6 Å². The summed E-state index contributed by atoms with van der Waals surface area (Å²) in [5, 5.41) is 3.11. The van der Waals surface area contributed by atoms with Crippen molar-refractivity contribution in [2.24, 2.45) is 17.8 Å². The van der Waals surface area contributed by atoms with E-state index in [2.05, 4.69) is 22.4 Å². The number of anilines is 1. The van der Waals surface area contributed by atoms with E-state index in [1.807, 2.05) is 25.1 Å². The number of fused-ring (bicyclic) bond motifs is 1. The molecule has 0 atom stereocenters. The quantitative estimate of drug-likeness (QED) is 0.673. The minimum Gasteiger partial charge on any atom is -0.370 e. The summed E-state index contributed by atoms with van der Waals surface area (Å²) in [5.41, 5.74) is 11.2. The smallest absolute Gasteiger partial charge is 0.255 e. The summed E-state index contributed by atoms with van der Waals surface area (Å²) in [5.74, 6) is 0.325. The van der Waals surface area contributed by atoms with E-state index in [0.717, 1.165) is 24.2 Å². The summed E-state index contributed by atoms with van der Waals surface area (Å²) in [6.07, 6.45) is 3.51. The summed E-state index contributed by atoms with van der Waals surface area (Å²) >= 11 is 0. The van der Waals surface area contributed by atoms with Crippen molar-refractivity contribution in [3.63, 3.8) is 0 Å². The molecule has 1 aliphatic rings. The van der Waals surface area contributed by atoms with E-state index >= 15 is 0 Å². The molecule has 2 aromatic rings. The van der Waals surface area contributed by atoms with Gasteiger partial charge < -0.3 is 15.6 Å². The molecule has 5 nitrogen and oxygen atoms in total. The number of aromatic nitrogens is 1. The molecule has 0 amide bonds. The standard InChI is InChI=1S/C18H22N4O/c1-12-6-7-15(17(23)22(12)2)11-20-18(19)21-16-9-8-13-4-3-5-14(13)10-16/h6-10H,3-5,11H2,1-2H3,(H3,19,20,21). The molecule has 0 aliphatic heterocycles. The van der Waals surface area contributed by atoms with Crippen LogP contribution in [0.3, 0.4) is 0 Å². The minimum absolute atomic E-state index is 0.0286. The lowest BCUT2D eigenvalue weighted by molar-refractivity contribution is 0.795. The molecule has 1 aliphatic carbocycles. The van der Waals surface area contributed by atoms with E-state index in [0.29, 0.717) is 11.5 Å². The Bertz CT molecular complexity index is 820. The van der Waals surface area contributed by atoms with Crippen LogP contribution >= 0.6 is 0 Å². The summed E-state index contributed by atoms with van der Waals surface area (Å²) in [7, 11) is 1.76. The fraction of sp³-hybridized carbons (Fsp3) is 0.333. The van der Waals surface area contributed by atoms with Crippen LogP contribution in [-0.4, -0.2) is 10.5 Å². The Hall–Kier alpha value is -2.56. The molecule has 23 heavy (non-hydrogen) atoms. The van der Waals surface area contributed by atoms with Crippen molar-refractivity contribution in [1.82, 2.24) is 4.57 Å². The van der Waals surface area contributed by atoms with Crippen LogP contribution in [-0.2, 0) is 26.4 Å². The molecule has 5 heteroatoms. The Kier molecular flexibility index (Phi) is 4.19. The van der Waals surface area contributed by atoms with Crippen molar-refractivity contribution in [3.05, 3.63) is 63.1 Å². The molecule has 1 aromatic heterocycles. The predicted octanol–water partition coefficient (Wildman–Crippen LogP) is 2.11. The largest absolute Gasteiger partial charge is 0.370 e. The van der Waals surface area contributed by atoms with E-state index in [4.69, 9.17) is 5.73 Å². The molecular formula is C18H22N4O. The molecule has 0 radical (unpaired) electrons. The van der Waals surface area contributed by atoms with Gasteiger partial charge in [0.05, 0.1) is 6.54 Å². The number of aryl methyl sites for hydroxylation is 3. The maximum atomic E-state index is 12.1. The van der Waals surface area contributed by atoms with Gasteiger partial charge in [0.2, 0.25) is 0 Å². The summed E-state index contributed by atoms with van der Waals surface area (Å²) in [6, 6.07) is 10.0. The van der Waals surface area contributed by atoms with Gasteiger partial charge in [-0.2, -0.15) is 0 Å². The van der Waals surface area contributed by atoms with Gasteiger partial charge >= 0.3 is 0 Å². The second-order valence-corrected chi connectivity index (χ2v) is 6.03. The first-order chi connectivity index (χ1) is 11.0. The molecule has 3 N–H and O–H groups in total. The molecule has 1 aromatic carbocycles. The zero-order valence-corrected chi connectivity index (χ0v) is 13.6.